The number of aromatic nitrogens is 2. The van der Waals surface area contributed by atoms with Gasteiger partial charge < -0.3 is 26.2 Å². The van der Waals surface area contributed by atoms with Crippen LogP contribution in [0.25, 0.3) is 6.08 Å². The predicted molar refractivity (Wildman–Crippen MR) is 113 cm³/mol. The Bertz CT molecular complexity index is 1150. The number of hydrogen-bond acceptors (Lipinski definition) is 12. The Morgan fingerprint density at radius 3 is 2.75 bits per heavy atom. The van der Waals surface area contributed by atoms with Crippen molar-refractivity contribution in [3.8, 4) is 0 Å². The molecule has 0 saturated carbocycles. The molecule has 1 saturated heterocycles. The van der Waals surface area contributed by atoms with Crippen LogP contribution in [0.3, 0.4) is 0 Å². The number of allylic oxidation sites excluding steroid dienone is 1. The fourth-order valence-corrected chi connectivity index (χ4v) is 5.45. The molecule has 4 rings (SSSR count). The van der Waals surface area contributed by atoms with E-state index >= 15 is 0 Å². The minimum absolute atomic E-state index is 0. The van der Waals surface area contributed by atoms with Crippen LogP contribution < -0.4 is 45.7 Å². The molecule has 11 nitrogen and oxygen atoms in total. The van der Waals surface area contributed by atoms with Crippen molar-refractivity contribution in [2.75, 3.05) is 11.5 Å². The number of thioether (sulfide) groups is 1. The van der Waals surface area contributed by atoms with Gasteiger partial charge in [-0.1, -0.05) is 11.2 Å². The number of oxime groups is 1. The van der Waals surface area contributed by atoms with Crippen LogP contribution in [0, 0.1) is 0 Å². The molecule has 32 heavy (non-hydrogen) atoms. The predicted octanol–water partition coefficient (Wildman–Crippen LogP) is -3.52. The molecule has 1 unspecified atom stereocenters. The van der Waals surface area contributed by atoms with Gasteiger partial charge in [-0.25, -0.2) is 4.98 Å². The van der Waals surface area contributed by atoms with Crippen LogP contribution in [0.2, 0.25) is 0 Å². The molecule has 4 N–H and O–H groups in total. The molecule has 2 atom stereocenters. The number of amides is 2. The maximum atomic E-state index is 12.7. The molecule has 15 heteroatoms. The number of carboxylic acids is 1. The Hall–Kier alpha value is -2.23. The van der Waals surface area contributed by atoms with Crippen molar-refractivity contribution in [1.82, 2.24) is 20.2 Å². The average molecular weight is 501 g/mol. The van der Waals surface area contributed by atoms with E-state index in [-0.39, 0.29) is 46.1 Å². The third kappa shape index (κ3) is 4.60. The van der Waals surface area contributed by atoms with Crippen molar-refractivity contribution in [2.24, 2.45) is 5.16 Å². The van der Waals surface area contributed by atoms with Gasteiger partial charge in [-0.2, -0.15) is 0 Å². The number of hydrogen-bond donors (Lipinski definition) is 3. The number of nitrogens with two attached hydrogens (primary N) is 1. The van der Waals surface area contributed by atoms with Gasteiger partial charge in [0.2, 0.25) is 0 Å². The van der Waals surface area contributed by atoms with Crippen molar-refractivity contribution in [1.29, 1.82) is 0 Å². The number of aliphatic carboxylic acids is 1. The minimum atomic E-state index is -1.48. The normalized spacial score (nSPS) is 20.6. The number of fused-ring (bicyclic) bond motifs is 1. The summed E-state index contributed by atoms with van der Waals surface area (Å²) in [6.07, 6.45) is 4.96. The quantitative estimate of drug-likeness (QED) is 0.119. The Balaban J connectivity index is 0.00000289. The summed E-state index contributed by atoms with van der Waals surface area (Å²) in [7, 11) is 0. The summed E-state index contributed by atoms with van der Waals surface area (Å²) in [5.74, 6) is -2.63. The molecule has 2 aliphatic rings. The smallest absolute Gasteiger partial charge is 0.543 e. The van der Waals surface area contributed by atoms with E-state index < -0.39 is 34.9 Å². The number of nitrogens with one attached hydrogen (secondary N) is 1. The summed E-state index contributed by atoms with van der Waals surface area (Å²) in [6, 6.07) is -0.994. The second-order valence-corrected chi connectivity index (χ2v) is 9.19. The fraction of sp³-hybridized carbons (Fsp3) is 0.176. The van der Waals surface area contributed by atoms with Crippen LogP contribution in [-0.4, -0.2) is 60.7 Å². The summed E-state index contributed by atoms with van der Waals surface area (Å²) in [4.78, 5) is 46.7. The average Bonchev–Trinajstić information content (AvgIpc) is 3.42. The maximum absolute atomic E-state index is 12.7. The second-order valence-electron chi connectivity index (χ2n) is 6.28. The van der Waals surface area contributed by atoms with Crippen molar-refractivity contribution in [3.63, 3.8) is 0 Å². The van der Waals surface area contributed by atoms with E-state index in [9.17, 15) is 24.7 Å². The molecule has 2 aromatic rings. The molecule has 0 radical (unpaired) electrons. The molecule has 0 aromatic carbocycles. The Morgan fingerprint density at radius 1 is 1.38 bits per heavy atom. The van der Waals surface area contributed by atoms with Gasteiger partial charge in [0, 0.05) is 22.2 Å². The van der Waals surface area contributed by atoms with Crippen LogP contribution in [0.15, 0.2) is 39.6 Å². The zero-order valence-electron chi connectivity index (χ0n) is 16.4. The number of nitrogen functional groups attached to an aromatic ring is 1. The van der Waals surface area contributed by atoms with Gasteiger partial charge in [-0.3, -0.25) is 19.5 Å². The van der Waals surface area contributed by atoms with Gasteiger partial charge in [0.25, 0.3) is 11.8 Å². The topological polar surface area (TPSA) is 174 Å². The third-order valence-corrected chi connectivity index (χ3v) is 7.17. The molecule has 2 aromatic heterocycles. The van der Waals surface area contributed by atoms with E-state index in [1.807, 2.05) is 0 Å². The zero-order chi connectivity index (χ0) is 22.1. The molecule has 0 aliphatic carbocycles. The van der Waals surface area contributed by atoms with E-state index in [1.54, 1.807) is 23.9 Å². The molecule has 0 bridgehead atoms. The van der Waals surface area contributed by atoms with E-state index in [0.717, 1.165) is 21.1 Å². The van der Waals surface area contributed by atoms with Crippen molar-refractivity contribution >= 4 is 69.1 Å². The number of β-lactam (4-membered cyclic amide) rings is 1. The molecule has 2 amide bonds. The SMILES string of the molecule is Nc1nc(C(=NO)C(=O)NC2C(=O)N3C(C(=O)[O-])=C(C=Cc4cncs4)CS[C@H]23)cs1.[Na+]. The number of rotatable bonds is 6. The minimum Gasteiger partial charge on any atom is -0.543 e. The molecule has 2 aliphatic heterocycles. The van der Waals surface area contributed by atoms with E-state index in [4.69, 9.17) is 5.73 Å². The van der Waals surface area contributed by atoms with Gasteiger partial charge in [0.05, 0.1) is 17.2 Å². The van der Waals surface area contributed by atoms with Gasteiger partial charge in [-0.05, 0) is 11.6 Å². The van der Waals surface area contributed by atoms with Gasteiger partial charge in [0.1, 0.15) is 17.1 Å². The van der Waals surface area contributed by atoms with E-state index in [1.165, 1.54) is 28.5 Å². The van der Waals surface area contributed by atoms with Gasteiger partial charge in [-0.15, -0.1) is 34.4 Å². The zero-order valence-corrected chi connectivity index (χ0v) is 20.9. The summed E-state index contributed by atoms with van der Waals surface area (Å²) < 4.78 is 0. The Morgan fingerprint density at radius 2 is 2.16 bits per heavy atom. The van der Waals surface area contributed by atoms with Crippen LogP contribution in [0.5, 0.6) is 0 Å². The largest absolute Gasteiger partial charge is 1.00 e. The maximum Gasteiger partial charge on any atom is 1.00 e. The number of thiazole rings is 2. The van der Waals surface area contributed by atoms with Crippen LogP contribution in [0.4, 0.5) is 5.13 Å². The molecule has 4 heterocycles. The molecule has 1 fully saturated rings. The fourth-order valence-electron chi connectivity index (χ4n) is 3.07. The number of nitrogens with zero attached hydrogens (tertiary/aromatic N) is 4. The van der Waals surface area contributed by atoms with E-state index in [2.05, 4.69) is 20.4 Å². The Kier molecular flexibility index (Phi) is 7.74. The van der Waals surface area contributed by atoms with Crippen molar-refractivity contribution in [2.45, 2.75) is 11.4 Å². The first-order chi connectivity index (χ1) is 14.9. The summed E-state index contributed by atoms with van der Waals surface area (Å²) in [6.45, 7) is 0. The standard InChI is InChI=1S/C17H14N6O5S3.Na/c18-17-20-9(5-30-17)10(22-28)13(24)21-11-14(25)23-12(16(26)27)7(4-29-15(11)23)1-2-8-3-19-6-31-8;/h1-3,5-6,11,15,28H,4H2,(H2,18,20)(H,21,24)(H,26,27);/q;+1/p-1/t11?,15-;/m1./s1. The summed E-state index contributed by atoms with van der Waals surface area (Å²) in [5, 5.41) is 27.4. The number of carboxylic acid groups (broad SMARTS) is 1. The Labute approximate surface area is 215 Å². The molecular weight excluding hydrogens is 487 g/mol. The second kappa shape index (κ2) is 10.1. The summed E-state index contributed by atoms with van der Waals surface area (Å²) >= 11 is 3.74. The van der Waals surface area contributed by atoms with Crippen molar-refractivity contribution in [3.05, 3.63) is 45.0 Å². The first-order valence-corrected chi connectivity index (χ1v) is 11.4. The van der Waals surface area contributed by atoms with Crippen LogP contribution in [-0.2, 0) is 14.4 Å². The molecule has 0 spiro atoms. The summed E-state index contributed by atoms with van der Waals surface area (Å²) in [5.41, 5.74) is 7.03. The third-order valence-electron chi connectivity index (χ3n) is 4.46. The van der Waals surface area contributed by atoms with E-state index in [0.29, 0.717) is 11.3 Å². The number of carbonyl (C=O) groups is 3. The van der Waals surface area contributed by atoms with Crippen LogP contribution >= 0.6 is 34.4 Å². The number of anilines is 1. The molecule has 160 valence electrons. The van der Waals surface area contributed by atoms with Crippen LogP contribution in [0.1, 0.15) is 10.6 Å². The first kappa shape index (κ1) is 24.4. The van der Waals surface area contributed by atoms with Gasteiger partial charge in [0.15, 0.2) is 10.8 Å². The van der Waals surface area contributed by atoms with Gasteiger partial charge >= 0.3 is 29.6 Å². The first-order valence-electron chi connectivity index (χ1n) is 8.60. The molecular formula is C17H13N6NaO5S3. The number of carbonyl (C=O) groups excluding carboxylic acids is 3. The van der Waals surface area contributed by atoms with Crippen molar-refractivity contribution < 1.29 is 54.3 Å². The monoisotopic (exact) mass is 500 g/mol.